The molecule has 1 aromatic rings. The summed E-state index contributed by atoms with van der Waals surface area (Å²) in [6, 6.07) is 8.65. The van der Waals surface area contributed by atoms with Crippen molar-refractivity contribution in [2.75, 3.05) is 26.3 Å². The van der Waals surface area contributed by atoms with E-state index in [4.69, 9.17) is 4.74 Å². The predicted octanol–water partition coefficient (Wildman–Crippen LogP) is 2.55. The van der Waals surface area contributed by atoms with Gasteiger partial charge in [0.25, 0.3) is 0 Å². The number of ether oxygens (including phenoxy) is 1. The highest BCUT2D eigenvalue weighted by Crippen LogP contribution is 2.13. The standard InChI is InChI=1S/C15H23NO/c1-13-4-2-3-5-15(13)6-9-16-12-14-7-10-17-11-8-14/h2-5,14,16H,6-12H2,1H3. The van der Waals surface area contributed by atoms with Gasteiger partial charge in [-0.3, -0.25) is 0 Å². The van der Waals surface area contributed by atoms with Gasteiger partial charge in [0.1, 0.15) is 0 Å². The average molecular weight is 233 g/mol. The van der Waals surface area contributed by atoms with Gasteiger partial charge in [0, 0.05) is 13.2 Å². The maximum atomic E-state index is 5.36. The van der Waals surface area contributed by atoms with Crippen molar-refractivity contribution in [1.82, 2.24) is 5.32 Å². The molecule has 1 saturated heterocycles. The van der Waals surface area contributed by atoms with Crippen LogP contribution in [0.15, 0.2) is 24.3 Å². The SMILES string of the molecule is Cc1ccccc1CCNCC1CCOCC1. The average Bonchev–Trinajstić information content (AvgIpc) is 2.38. The van der Waals surface area contributed by atoms with Gasteiger partial charge in [-0.25, -0.2) is 0 Å². The van der Waals surface area contributed by atoms with Gasteiger partial charge in [-0.05, 0) is 56.3 Å². The minimum atomic E-state index is 0.820. The summed E-state index contributed by atoms with van der Waals surface area (Å²) in [6.07, 6.45) is 3.57. The Kier molecular flexibility index (Phi) is 5.02. The molecule has 0 unspecified atom stereocenters. The Labute approximate surface area is 104 Å². The molecule has 0 radical (unpaired) electrons. The molecule has 0 bridgehead atoms. The van der Waals surface area contributed by atoms with Gasteiger partial charge in [0.05, 0.1) is 0 Å². The Morgan fingerprint density at radius 2 is 2.00 bits per heavy atom. The zero-order chi connectivity index (χ0) is 11.9. The van der Waals surface area contributed by atoms with Crippen molar-refractivity contribution in [3.63, 3.8) is 0 Å². The molecule has 0 aliphatic carbocycles. The maximum absolute atomic E-state index is 5.36. The molecule has 1 aliphatic rings. The first-order valence-corrected chi connectivity index (χ1v) is 6.69. The quantitative estimate of drug-likeness (QED) is 0.789. The van der Waals surface area contributed by atoms with Gasteiger partial charge in [-0.2, -0.15) is 0 Å². The fourth-order valence-corrected chi connectivity index (χ4v) is 2.37. The van der Waals surface area contributed by atoms with Crippen LogP contribution in [0.25, 0.3) is 0 Å². The Morgan fingerprint density at radius 3 is 2.76 bits per heavy atom. The van der Waals surface area contributed by atoms with Gasteiger partial charge in [-0.15, -0.1) is 0 Å². The van der Waals surface area contributed by atoms with Gasteiger partial charge >= 0.3 is 0 Å². The topological polar surface area (TPSA) is 21.3 Å². The lowest BCUT2D eigenvalue weighted by Crippen LogP contribution is -2.29. The second kappa shape index (κ2) is 6.77. The van der Waals surface area contributed by atoms with E-state index in [2.05, 4.69) is 36.5 Å². The maximum Gasteiger partial charge on any atom is 0.0469 e. The summed E-state index contributed by atoms with van der Waals surface area (Å²) in [5.41, 5.74) is 2.87. The Morgan fingerprint density at radius 1 is 1.24 bits per heavy atom. The van der Waals surface area contributed by atoms with Crippen LogP contribution < -0.4 is 5.32 Å². The molecule has 1 heterocycles. The minimum Gasteiger partial charge on any atom is -0.381 e. The number of aryl methyl sites for hydroxylation is 1. The molecule has 1 N–H and O–H groups in total. The van der Waals surface area contributed by atoms with E-state index < -0.39 is 0 Å². The summed E-state index contributed by atoms with van der Waals surface area (Å²) >= 11 is 0. The van der Waals surface area contributed by atoms with Crippen LogP contribution in [0.4, 0.5) is 0 Å². The van der Waals surface area contributed by atoms with E-state index in [1.165, 1.54) is 24.0 Å². The van der Waals surface area contributed by atoms with E-state index in [0.29, 0.717) is 0 Å². The van der Waals surface area contributed by atoms with E-state index in [9.17, 15) is 0 Å². The second-order valence-electron chi connectivity index (χ2n) is 4.94. The van der Waals surface area contributed by atoms with Crippen LogP contribution in [0.1, 0.15) is 24.0 Å². The molecule has 0 saturated carbocycles. The van der Waals surface area contributed by atoms with Crippen molar-refractivity contribution in [2.24, 2.45) is 5.92 Å². The summed E-state index contributed by atoms with van der Waals surface area (Å²) in [5.74, 6) is 0.820. The lowest BCUT2D eigenvalue weighted by atomic mass is 10.0. The minimum absolute atomic E-state index is 0.820. The van der Waals surface area contributed by atoms with Gasteiger partial charge < -0.3 is 10.1 Å². The van der Waals surface area contributed by atoms with Crippen molar-refractivity contribution in [3.8, 4) is 0 Å². The molecule has 2 rings (SSSR count). The molecule has 17 heavy (non-hydrogen) atoms. The lowest BCUT2D eigenvalue weighted by molar-refractivity contribution is 0.0664. The zero-order valence-electron chi connectivity index (χ0n) is 10.7. The fraction of sp³-hybridized carbons (Fsp3) is 0.600. The first-order valence-electron chi connectivity index (χ1n) is 6.69. The Hall–Kier alpha value is -0.860. The van der Waals surface area contributed by atoms with Gasteiger partial charge in [0.15, 0.2) is 0 Å². The third-order valence-electron chi connectivity index (χ3n) is 3.61. The van der Waals surface area contributed by atoms with E-state index in [1.807, 2.05) is 0 Å². The number of rotatable bonds is 5. The first-order chi connectivity index (χ1) is 8.36. The largest absolute Gasteiger partial charge is 0.381 e. The Bertz CT molecular complexity index is 331. The number of hydrogen-bond donors (Lipinski definition) is 1. The van der Waals surface area contributed by atoms with E-state index in [0.717, 1.165) is 38.6 Å². The molecule has 94 valence electrons. The lowest BCUT2D eigenvalue weighted by Gasteiger charge is -2.22. The zero-order valence-corrected chi connectivity index (χ0v) is 10.7. The van der Waals surface area contributed by atoms with Crippen molar-refractivity contribution in [2.45, 2.75) is 26.2 Å². The molecule has 2 nitrogen and oxygen atoms in total. The van der Waals surface area contributed by atoms with Crippen LogP contribution in [0, 0.1) is 12.8 Å². The number of nitrogens with one attached hydrogen (secondary N) is 1. The van der Waals surface area contributed by atoms with Gasteiger partial charge in [-0.1, -0.05) is 24.3 Å². The molecule has 0 aromatic heterocycles. The summed E-state index contributed by atoms with van der Waals surface area (Å²) < 4.78 is 5.36. The fourth-order valence-electron chi connectivity index (χ4n) is 2.37. The highest BCUT2D eigenvalue weighted by Gasteiger charge is 2.12. The van der Waals surface area contributed by atoms with Crippen LogP contribution in [0.5, 0.6) is 0 Å². The smallest absolute Gasteiger partial charge is 0.0469 e. The normalized spacial score (nSPS) is 17.2. The molecule has 1 fully saturated rings. The van der Waals surface area contributed by atoms with Crippen LogP contribution in [-0.4, -0.2) is 26.3 Å². The molecule has 1 aliphatic heterocycles. The molecular weight excluding hydrogens is 210 g/mol. The van der Waals surface area contributed by atoms with E-state index in [1.54, 1.807) is 0 Å². The van der Waals surface area contributed by atoms with Crippen LogP contribution in [0.3, 0.4) is 0 Å². The highest BCUT2D eigenvalue weighted by molar-refractivity contribution is 5.25. The predicted molar refractivity (Wildman–Crippen MR) is 71.3 cm³/mol. The third kappa shape index (κ3) is 4.14. The second-order valence-corrected chi connectivity index (χ2v) is 4.94. The summed E-state index contributed by atoms with van der Waals surface area (Å²) in [5, 5.41) is 3.58. The summed E-state index contributed by atoms with van der Waals surface area (Å²) in [4.78, 5) is 0. The Balaban J connectivity index is 1.64. The number of benzene rings is 1. The number of hydrogen-bond acceptors (Lipinski definition) is 2. The van der Waals surface area contributed by atoms with Crippen molar-refractivity contribution in [3.05, 3.63) is 35.4 Å². The van der Waals surface area contributed by atoms with Crippen molar-refractivity contribution < 1.29 is 4.74 Å². The monoisotopic (exact) mass is 233 g/mol. The van der Waals surface area contributed by atoms with E-state index in [-0.39, 0.29) is 0 Å². The van der Waals surface area contributed by atoms with E-state index >= 15 is 0 Å². The van der Waals surface area contributed by atoms with Gasteiger partial charge in [0.2, 0.25) is 0 Å². The first kappa shape index (κ1) is 12.6. The molecule has 0 spiro atoms. The summed E-state index contributed by atoms with van der Waals surface area (Å²) in [6.45, 7) is 6.32. The van der Waals surface area contributed by atoms with Crippen LogP contribution in [-0.2, 0) is 11.2 Å². The van der Waals surface area contributed by atoms with Crippen molar-refractivity contribution in [1.29, 1.82) is 0 Å². The molecular formula is C15H23NO. The molecule has 0 atom stereocenters. The molecule has 1 aromatic carbocycles. The highest BCUT2D eigenvalue weighted by atomic mass is 16.5. The van der Waals surface area contributed by atoms with Crippen LogP contribution in [0.2, 0.25) is 0 Å². The molecule has 0 amide bonds. The van der Waals surface area contributed by atoms with Crippen molar-refractivity contribution >= 4 is 0 Å². The third-order valence-corrected chi connectivity index (χ3v) is 3.61. The summed E-state index contributed by atoms with van der Waals surface area (Å²) in [7, 11) is 0. The van der Waals surface area contributed by atoms with Crippen LogP contribution >= 0.6 is 0 Å². The molecule has 2 heteroatoms.